The molecule has 19 heavy (non-hydrogen) atoms. The summed E-state index contributed by atoms with van der Waals surface area (Å²) in [4.78, 5) is 7.97. The van der Waals surface area contributed by atoms with Crippen LogP contribution in [0.1, 0.15) is 32.1 Å². The lowest BCUT2D eigenvalue weighted by Crippen LogP contribution is -2.36. The van der Waals surface area contributed by atoms with E-state index in [1.54, 1.807) is 7.05 Å². The third-order valence-electron chi connectivity index (χ3n) is 3.74. The Balaban J connectivity index is 2.04. The number of nitrogens with one attached hydrogen (secondary N) is 2. The highest BCUT2D eigenvalue weighted by Gasteiger charge is 2.31. The summed E-state index contributed by atoms with van der Waals surface area (Å²) in [5.74, 6) is 0.329. The fraction of sp³-hybridized carbons (Fsp3) is 0.692. The number of hydrogen-bond acceptors (Lipinski definition) is 5. The highest BCUT2D eigenvalue weighted by atomic mass is 32.2. The second-order valence-electron chi connectivity index (χ2n) is 4.94. The molecule has 1 heterocycles. The van der Waals surface area contributed by atoms with Crippen LogP contribution in [0.3, 0.4) is 0 Å². The van der Waals surface area contributed by atoms with E-state index in [0.717, 1.165) is 6.54 Å². The molecule has 0 radical (unpaired) electrons. The van der Waals surface area contributed by atoms with Crippen LogP contribution in [0.4, 0.5) is 16.2 Å². The first-order valence-electron chi connectivity index (χ1n) is 6.68. The smallest absolute Gasteiger partial charge is 0.224 e. The summed E-state index contributed by atoms with van der Waals surface area (Å²) in [6.07, 6.45) is 9.55. The van der Waals surface area contributed by atoms with Gasteiger partial charge in [-0.1, -0.05) is 19.3 Å². The van der Waals surface area contributed by atoms with Crippen molar-refractivity contribution in [2.45, 2.75) is 36.9 Å². The van der Waals surface area contributed by atoms with Gasteiger partial charge in [-0.15, -0.1) is 0 Å². The third kappa shape index (κ3) is 3.49. The minimum absolute atomic E-state index is 0.218. The van der Waals surface area contributed by atoms with Crippen molar-refractivity contribution in [3.8, 4) is 0 Å². The van der Waals surface area contributed by atoms with Gasteiger partial charge in [-0.2, -0.15) is 16.7 Å². The Morgan fingerprint density at radius 3 is 2.74 bits per heavy atom. The number of thioether (sulfide) groups is 1. The van der Waals surface area contributed by atoms with Gasteiger partial charge in [0.1, 0.15) is 0 Å². The van der Waals surface area contributed by atoms with Gasteiger partial charge in [-0.05, 0) is 19.1 Å². The molecule has 0 saturated heterocycles. The molecule has 4 nitrogen and oxygen atoms in total. The minimum atomic E-state index is -0.397. The first-order chi connectivity index (χ1) is 9.19. The molecule has 0 aromatic carbocycles. The molecule has 0 amide bonds. The summed E-state index contributed by atoms with van der Waals surface area (Å²) < 4.78 is 13.9. The quantitative estimate of drug-likeness (QED) is 0.870. The molecule has 1 aliphatic rings. The Bertz CT molecular complexity index is 421. The molecule has 0 atom stereocenters. The van der Waals surface area contributed by atoms with E-state index in [4.69, 9.17) is 0 Å². The standard InChI is InChI=1S/C13H21FN4S/c1-15-12-16-8-10(14)11(18-12)17-9-13(19-2)6-4-3-5-7-13/h8H,3-7,9H2,1-2H3,(H2,15,16,17,18). The number of aromatic nitrogens is 2. The Morgan fingerprint density at radius 1 is 1.37 bits per heavy atom. The van der Waals surface area contributed by atoms with E-state index in [1.165, 1.54) is 38.3 Å². The Kier molecular flexibility index (Phi) is 4.85. The average molecular weight is 284 g/mol. The van der Waals surface area contributed by atoms with Gasteiger partial charge in [-0.3, -0.25) is 0 Å². The summed E-state index contributed by atoms with van der Waals surface area (Å²) in [5.41, 5.74) is 0. The first kappa shape index (κ1) is 14.4. The molecule has 1 saturated carbocycles. The molecular weight excluding hydrogens is 263 g/mol. The van der Waals surface area contributed by atoms with Crippen molar-refractivity contribution in [2.24, 2.45) is 0 Å². The Labute approximate surface area is 118 Å². The van der Waals surface area contributed by atoms with E-state index >= 15 is 0 Å². The fourth-order valence-corrected chi connectivity index (χ4v) is 3.42. The number of hydrogen-bond donors (Lipinski definition) is 2. The fourth-order valence-electron chi connectivity index (χ4n) is 2.51. The summed E-state index contributed by atoms with van der Waals surface area (Å²) in [7, 11) is 1.72. The lowest BCUT2D eigenvalue weighted by molar-refractivity contribution is 0.410. The van der Waals surface area contributed by atoms with Crippen LogP contribution < -0.4 is 10.6 Å². The predicted octanol–water partition coefficient (Wildman–Crippen LogP) is 3.14. The molecule has 106 valence electrons. The van der Waals surface area contributed by atoms with Gasteiger partial charge < -0.3 is 10.6 Å². The van der Waals surface area contributed by atoms with Crippen LogP contribution in [0.5, 0.6) is 0 Å². The van der Waals surface area contributed by atoms with Crippen LogP contribution in [0.15, 0.2) is 6.20 Å². The Morgan fingerprint density at radius 2 is 2.11 bits per heavy atom. The number of anilines is 2. The van der Waals surface area contributed by atoms with E-state index in [1.807, 2.05) is 11.8 Å². The summed E-state index contributed by atoms with van der Waals surface area (Å²) in [6, 6.07) is 0. The van der Waals surface area contributed by atoms with E-state index in [0.29, 0.717) is 11.8 Å². The van der Waals surface area contributed by atoms with Gasteiger partial charge in [0.05, 0.1) is 6.20 Å². The maximum atomic E-state index is 13.7. The van der Waals surface area contributed by atoms with Crippen LogP contribution in [0.2, 0.25) is 0 Å². The number of halogens is 1. The lowest BCUT2D eigenvalue weighted by Gasteiger charge is -2.36. The van der Waals surface area contributed by atoms with Gasteiger partial charge in [0.2, 0.25) is 5.95 Å². The van der Waals surface area contributed by atoms with Crippen molar-refractivity contribution in [2.75, 3.05) is 30.5 Å². The highest BCUT2D eigenvalue weighted by Crippen LogP contribution is 2.38. The molecule has 0 spiro atoms. The third-order valence-corrected chi connectivity index (χ3v) is 5.16. The zero-order chi connectivity index (χ0) is 13.7. The normalized spacial score (nSPS) is 18.1. The summed E-state index contributed by atoms with van der Waals surface area (Å²) in [5, 5.41) is 5.98. The molecule has 0 bridgehead atoms. The molecular formula is C13H21FN4S. The van der Waals surface area contributed by atoms with Gasteiger partial charge in [-0.25, -0.2) is 9.37 Å². The van der Waals surface area contributed by atoms with Crippen LogP contribution >= 0.6 is 11.8 Å². The van der Waals surface area contributed by atoms with E-state index in [9.17, 15) is 4.39 Å². The molecule has 0 unspecified atom stereocenters. The monoisotopic (exact) mass is 284 g/mol. The van der Waals surface area contributed by atoms with Crippen molar-refractivity contribution in [1.82, 2.24) is 9.97 Å². The minimum Gasteiger partial charge on any atom is -0.366 e. The zero-order valence-corrected chi connectivity index (χ0v) is 12.3. The molecule has 1 fully saturated rings. The van der Waals surface area contributed by atoms with Gasteiger partial charge in [0.25, 0.3) is 0 Å². The van der Waals surface area contributed by atoms with Crippen molar-refractivity contribution < 1.29 is 4.39 Å². The van der Waals surface area contributed by atoms with E-state index in [2.05, 4.69) is 26.9 Å². The molecule has 2 N–H and O–H groups in total. The molecule has 0 aliphatic heterocycles. The molecule has 2 rings (SSSR count). The predicted molar refractivity (Wildman–Crippen MR) is 79.4 cm³/mol. The largest absolute Gasteiger partial charge is 0.366 e. The highest BCUT2D eigenvalue weighted by molar-refractivity contribution is 8.00. The SMILES string of the molecule is CNc1ncc(F)c(NCC2(SC)CCCCC2)n1. The van der Waals surface area contributed by atoms with Crippen LogP contribution in [0.25, 0.3) is 0 Å². The van der Waals surface area contributed by atoms with Crippen molar-refractivity contribution >= 4 is 23.5 Å². The van der Waals surface area contributed by atoms with E-state index in [-0.39, 0.29) is 4.75 Å². The van der Waals surface area contributed by atoms with Crippen molar-refractivity contribution in [1.29, 1.82) is 0 Å². The second-order valence-corrected chi connectivity index (χ2v) is 6.22. The van der Waals surface area contributed by atoms with E-state index < -0.39 is 5.82 Å². The van der Waals surface area contributed by atoms with Crippen molar-refractivity contribution in [3.05, 3.63) is 12.0 Å². The van der Waals surface area contributed by atoms with Gasteiger partial charge in [0, 0.05) is 18.3 Å². The maximum absolute atomic E-state index is 13.7. The molecule has 1 aliphatic carbocycles. The average Bonchev–Trinajstić information content (AvgIpc) is 2.47. The lowest BCUT2D eigenvalue weighted by atomic mass is 9.88. The maximum Gasteiger partial charge on any atom is 0.224 e. The first-order valence-corrected chi connectivity index (χ1v) is 7.91. The number of nitrogens with zero attached hydrogens (tertiary/aromatic N) is 2. The summed E-state index contributed by atoms with van der Waals surface area (Å²) in [6.45, 7) is 0.755. The summed E-state index contributed by atoms with van der Waals surface area (Å²) >= 11 is 1.88. The second kappa shape index (κ2) is 6.41. The van der Waals surface area contributed by atoms with Crippen molar-refractivity contribution in [3.63, 3.8) is 0 Å². The Hall–Kier alpha value is -1.04. The van der Waals surface area contributed by atoms with Crippen LogP contribution in [-0.4, -0.2) is 34.6 Å². The zero-order valence-electron chi connectivity index (χ0n) is 11.5. The topological polar surface area (TPSA) is 49.8 Å². The number of rotatable bonds is 5. The molecule has 1 aromatic rings. The van der Waals surface area contributed by atoms with Crippen LogP contribution in [0, 0.1) is 5.82 Å². The van der Waals surface area contributed by atoms with Gasteiger partial charge >= 0.3 is 0 Å². The molecule has 1 aromatic heterocycles. The van der Waals surface area contributed by atoms with Gasteiger partial charge in [0.15, 0.2) is 11.6 Å². The van der Waals surface area contributed by atoms with Crippen LogP contribution in [-0.2, 0) is 0 Å². The molecule has 6 heteroatoms.